The van der Waals surface area contributed by atoms with E-state index < -0.39 is 59.9 Å². The molecule has 4 atom stereocenters. The minimum atomic E-state index is -1.37. The lowest BCUT2D eigenvalue weighted by Gasteiger charge is -2.32. The molecule has 2 rings (SSSR count). The molecule has 10 nitrogen and oxygen atoms in total. The lowest BCUT2D eigenvalue weighted by Crippen LogP contribution is -2.43. The van der Waals surface area contributed by atoms with E-state index in [0.717, 1.165) is 32.1 Å². The van der Waals surface area contributed by atoms with Crippen LogP contribution in [-0.2, 0) is 23.9 Å². The van der Waals surface area contributed by atoms with Gasteiger partial charge in [-0.25, -0.2) is 4.79 Å². The normalized spacial score (nSPS) is 17.3. The zero-order valence-electron chi connectivity index (χ0n) is 23.1. The molecule has 1 aromatic rings. The van der Waals surface area contributed by atoms with Crippen LogP contribution in [0, 0.1) is 17.8 Å². The minimum Gasteiger partial charge on any atom is -0.480 e. The van der Waals surface area contributed by atoms with Gasteiger partial charge in [0.2, 0.25) is 0 Å². The number of esters is 2. The second-order valence-corrected chi connectivity index (χ2v) is 10.6. The summed E-state index contributed by atoms with van der Waals surface area (Å²) in [6.45, 7) is 10.0. The maximum atomic E-state index is 12.4. The first-order valence-corrected chi connectivity index (χ1v) is 13.2. The highest BCUT2D eigenvalue weighted by Crippen LogP contribution is 2.37. The van der Waals surface area contributed by atoms with Gasteiger partial charge < -0.3 is 29.8 Å². The Morgan fingerprint density at radius 2 is 1.42 bits per heavy atom. The summed E-state index contributed by atoms with van der Waals surface area (Å²) in [5.41, 5.74) is 6.52. The van der Waals surface area contributed by atoms with Crippen molar-refractivity contribution in [1.29, 1.82) is 0 Å². The van der Waals surface area contributed by atoms with Gasteiger partial charge in [-0.3, -0.25) is 14.4 Å². The number of carbonyl (C=O) groups is 4. The van der Waals surface area contributed by atoms with Gasteiger partial charge in [0, 0.05) is 11.8 Å². The minimum absolute atomic E-state index is 0.0251. The Kier molecular flexibility index (Phi) is 11.6. The summed E-state index contributed by atoms with van der Waals surface area (Å²) in [6, 6.07) is 3.07. The molecule has 0 bridgehead atoms. The van der Waals surface area contributed by atoms with Gasteiger partial charge in [-0.05, 0) is 50.3 Å². The molecule has 0 aliphatic heterocycles. The van der Waals surface area contributed by atoms with E-state index in [1.54, 1.807) is 47.6 Å². The number of carboxylic acid groups (broad SMARTS) is 1. The van der Waals surface area contributed by atoms with Gasteiger partial charge in [0.25, 0.3) is 0 Å². The van der Waals surface area contributed by atoms with Crippen LogP contribution in [0.1, 0.15) is 85.1 Å². The van der Waals surface area contributed by atoms with E-state index in [2.05, 4.69) is 0 Å². The maximum absolute atomic E-state index is 12.4. The van der Waals surface area contributed by atoms with Crippen molar-refractivity contribution in [3.8, 4) is 11.5 Å². The highest BCUT2D eigenvalue weighted by Gasteiger charge is 2.36. The monoisotopic (exact) mass is 535 g/mol. The molecule has 0 spiro atoms. The Morgan fingerprint density at radius 1 is 0.868 bits per heavy atom. The van der Waals surface area contributed by atoms with Crippen LogP contribution in [0.3, 0.4) is 0 Å². The summed E-state index contributed by atoms with van der Waals surface area (Å²) in [4.78, 5) is 49.0. The second-order valence-electron chi connectivity index (χ2n) is 10.6. The van der Waals surface area contributed by atoms with E-state index in [1.165, 1.54) is 12.1 Å². The van der Waals surface area contributed by atoms with E-state index in [9.17, 15) is 24.3 Å². The molecule has 1 saturated carbocycles. The van der Waals surface area contributed by atoms with Crippen LogP contribution in [0.25, 0.3) is 0 Å². The molecule has 1 aliphatic rings. The van der Waals surface area contributed by atoms with Crippen molar-refractivity contribution in [2.24, 2.45) is 23.5 Å². The molecule has 0 amide bonds. The topological polar surface area (TPSA) is 151 Å². The summed E-state index contributed by atoms with van der Waals surface area (Å²) in [5.74, 6) is -4.66. The van der Waals surface area contributed by atoms with Crippen LogP contribution in [0.15, 0.2) is 18.2 Å². The fourth-order valence-corrected chi connectivity index (χ4v) is 4.24. The summed E-state index contributed by atoms with van der Waals surface area (Å²) >= 11 is 0. The van der Waals surface area contributed by atoms with Gasteiger partial charge in [0.15, 0.2) is 11.5 Å². The van der Waals surface area contributed by atoms with Crippen LogP contribution in [0.4, 0.5) is 4.79 Å². The van der Waals surface area contributed by atoms with Crippen LogP contribution in [0.5, 0.6) is 11.5 Å². The highest BCUT2D eigenvalue weighted by molar-refractivity contribution is 5.78. The van der Waals surface area contributed by atoms with Crippen molar-refractivity contribution < 1.29 is 43.2 Å². The lowest BCUT2D eigenvalue weighted by molar-refractivity contribution is -0.140. The van der Waals surface area contributed by atoms with Crippen LogP contribution < -0.4 is 15.2 Å². The molecule has 3 N–H and O–H groups in total. The zero-order chi connectivity index (χ0) is 28.6. The first-order chi connectivity index (χ1) is 17.8. The fourth-order valence-electron chi connectivity index (χ4n) is 4.24. The maximum Gasteiger partial charge on any atom is 0.508 e. The van der Waals surface area contributed by atoms with Gasteiger partial charge in [-0.1, -0.05) is 47.1 Å². The van der Waals surface area contributed by atoms with Crippen molar-refractivity contribution in [2.45, 2.75) is 97.8 Å². The summed E-state index contributed by atoms with van der Waals surface area (Å²) in [6.07, 6.45) is 2.94. The van der Waals surface area contributed by atoms with Crippen molar-refractivity contribution in [3.05, 3.63) is 23.8 Å². The Balaban J connectivity index is 2.35. The van der Waals surface area contributed by atoms with E-state index in [1.807, 2.05) is 0 Å². The first kappa shape index (κ1) is 31.1. The molecule has 38 heavy (non-hydrogen) atoms. The van der Waals surface area contributed by atoms with Gasteiger partial charge in [0.05, 0.1) is 11.8 Å². The van der Waals surface area contributed by atoms with Crippen molar-refractivity contribution in [2.75, 3.05) is 0 Å². The van der Waals surface area contributed by atoms with E-state index in [-0.39, 0.29) is 17.6 Å². The Hall–Kier alpha value is -3.14. The average molecular weight is 536 g/mol. The van der Waals surface area contributed by atoms with E-state index in [0.29, 0.717) is 5.56 Å². The van der Waals surface area contributed by atoms with Crippen molar-refractivity contribution in [1.82, 2.24) is 0 Å². The van der Waals surface area contributed by atoms with Gasteiger partial charge in [-0.2, -0.15) is 0 Å². The molecule has 10 heteroatoms. The van der Waals surface area contributed by atoms with Gasteiger partial charge in [0.1, 0.15) is 18.2 Å². The number of rotatable bonds is 11. The molecular formula is C28H41NO9. The molecule has 0 heterocycles. The van der Waals surface area contributed by atoms with Crippen LogP contribution >= 0.6 is 0 Å². The third kappa shape index (κ3) is 8.72. The molecule has 212 valence electrons. The quantitative estimate of drug-likeness (QED) is 0.298. The average Bonchev–Trinajstić information content (AvgIpc) is 2.85. The third-order valence-electron chi connectivity index (χ3n) is 6.79. The molecule has 0 aromatic heterocycles. The van der Waals surface area contributed by atoms with E-state index in [4.69, 9.17) is 24.7 Å². The summed E-state index contributed by atoms with van der Waals surface area (Å²) in [5, 5.41) is 9.75. The molecule has 0 saturated heterocycles. The number of ether oxygens (including phenoxy) is 4. The molecule has 0 radical (unpaired) electrons. The number of aliphatic carboxylic acids is 1. The smallest absolute Gasteiger partial charge is 0.480 e. The van der Waals surface area contributed by atoms with Crippen LogP contribution in [0.2, 0.25) is 0 Å². The zero-order valence-corrected chi connectivity index (χ0v) is 23.1. The standard InChI is InChI=1S/C28H41NO9/c1-15(2)26(32)37-21-13-12-19(14-22(21)38-27(33)16(3)4)23(24(29)25(30)31)17(5)18(6)35-28(34)36-20-10-8-7-9-11-20/h12-18,20,23-24H,7-11,29H2,1-6H3,(H,30,31)/t17?,18?,23?,24-/m0/s1. The largest absolute Gasteiger partial charge is 0.508 e. The lowest BCUT2D eigenvalue weighted by atomic mass is 9.79. The number of benzene rings is 1. The van der Waals surface area contributed by atoms with Gasteiger partial charge >= 0.3 is 24.1 Å². The number of hydrogen-bond acceptors (Lipinski definition) is 9. The van der Waals surface area contributed by atoms with Gasteiger partial charge in [-0.15, -0.1) is 0 Å². The molecule has 1 aromatic carbocycles. The second kappa shape index (κ2) is 14.1. The molecular weight excluding hydrogens is 494 g/mol. The molecule has 3 unspecified atom stereocenters. The van der Waals surface area contributed by atoms with E-state index >= 15 is 0 Å². The number of hydrogen-bond donors (Lipinski definition) is 2. The van der Waals surface area contributed by atoms with Crippen molar-refractivity contribution >= 4 is 24.1 Å². The summed E-state index contributed by atoms with van der Waals surface area (Å²) < 4.78 is 21.9. The number of carbonyl (C=O) groups excluding carboxylic acids is 3. The molecule has 1 fully saturated rings. The predicted molar refractivity (Wildman–Crippen MR) is 139 cm³/mol. The summed E-state index contributed by atoms with van der Waals surface area (Å²) in [7, 11) is 0. The Labute approximate surface area is 224 Å². The first-order valence-electron chi connectivity index (χ1n) is 13.2. The number of nitrogens with two attached hydrogens (primary N) is 1. The SMILES string of the molecule is CC(C)C(=O)Oc1ccc(C(C(C)C(C)OC(=O)OC2CCCCC2)[C@H](N)C(=O)O)cc1OC(=O)C(C)C. The van der Waals surface area contributed by atoms with Crippen LogP contribution in [-0.4, -0.2) is 47.4 Å². The Bertz CT molecular complexity index is 985. The number of carboxylic acids is 1. The third-order valence-corrected chi connectivity index (χ3v) is 6.79. The van der Waals surface area contributed by atoms with Crippen molar-refractivity contribution in [3.63, 3.8) is 0 Å². The fraction of sp³-hybridized carbons (Fsp3) is 0.643. The highest BCUT2D eigenvalue weighted by atomic mass is 16.7. The Morgan fingerprint density at radius 3 is 1.95 bits per heavy atom. The predicted octanol–water partition coefficient (Wildman–Crippen LogP) is 4.82. The molecule has 1 aliphatic carbocycles.